The topological polar surface area (TPSA) is 95.4 Å². The summed E-state index contributed by atoms with van der Waals surface area (Å²) in [5, 5.41) is 5.44. The number of benzene rings is 2. The average molecular weight is 433 g/mol. The molecule has 0 saturated carbocycles. The molecule has 0 saturated heterocycles. The van der Waals surface area contributed by atoms with E-state index < -0.39 is 0 Å². The van der Waals surface area contributed by atoms with Crippen molar-refractivity contribution in [3.63, 3.8) is 0 Å². The van der Waals surface area contributed by atoms with Gasteiger partial charge in [0.2, 0.25) is 0 Å². The number of ether oxygens (including phenoxy) is 1. The Bertz CT molecular complexity index is 1490. The average Bonchev–Trinajstić information content (AvgIpc) is 3.27. The fraction of sp³-hybridized carbons (Fsp3) is 0.120. The summed E-state index contributed by atoms with van der Waals surface area (Å²) in [6, 6.07) is 17.7. The van der Waals surface area contributed by atoms with Gasteiger partial charge in [0, 0.05) is 34.8 Å². The molecule has 0 atom stereocenters. The van der Waals surface area contributed by atoms with Crippen LogP contribution in [0.2, 0.25) is 0 Å². The van der Waals surface area contributed by atoms with Crippen LogP contribution in [0.1, 0.15) is 16.8 Å². The molecule has 7 nitrogen and oxygen atoms in total. The van der Waals surface area contributed by atoms with E-state index in [0.717, 1.165) is 33.2 Å². The maximum Gasteiger partial charge on any atom is 0.309 e. The summed E-state index contributed by atoms with van der Waals surface area (Å²) in [6.07, 6.45) is 4.27. The highest BCUT2D eigenvalue weighted by atomic mass is 16.5. The first kappa shape index (κ1) is 20.7. The number of methoxy groups -OCH3 is 1. The molecule has 0 bridgehead atoms. The van der Waals surface area contributed by atoms with Crippen molar-refractivity contribution in [1.82, 2.24) is 19.6 Å². The van der Waals surface area contributed by atoms with Crippen LogP contribution in [0.4, 0.5) is 5.82 Å². The van der Waals surface area contributed by atoms with E-state index in [1.54, 1.807) is 10.7 Å². The Hall–Kier alpha value is -4.20. The zero-order chi connectivity index (χ0) is 22.9. The van der Waals surface area contributed by atoms with Crippen LogP contribution < -0.4 is 11.2 Å². The second kappa shape index (κ2) is 8.39. The molecule has 8 heteroatoms. The lowest BCUT2D eigenvalue weighted by Crippen LogP contribution is -2.22. The number of fused-ring (bicyclic) bond motifs is 2. The number of hydrogen-bond donors (Lipinski definition) is 1. The fourth-order valence-electron chi connectivity index (χ4n) is 3.84. The minimum absolute atomic E-state index is 0.231. The lowest BCUT2D eigenvalue weighted by molar-refractivity contribution is -0.139. The molecular formula is C25H20BN5O2. The quantitative estimate of drug-likeness (QED) is 0.338. The number of rotatable bonds is 5. The zero-order valence-corrected chi connectivity index (χ0v) is 18.0. The van der Waals surface area contributed by atoms with E-state index in [2.05, 4.69) is 16.1 Å². The molecule has 5 rings (SSSR count). The molecule has 0 aliphatic rings. The van der Waals surface area contributed by atoms with Crippen LogP contribution in [0.5, 0.6) is 0 Å². The number of para-hydroxylation sites is 1. The summed E-state index contributed by atoms with van der Waals surface area (Å²) >= 11 is 0. The van der Waals surface area contributed by atoms with Gasteiger partial charge in [0.25, 0.3) is 0 Å². The number of hydrogen-bond acceptors (Lipinski definition) is 6. The van der Waals surface area contributed by atoms with Crippen molar-refractivity contribution < 1.29 is 9.53 Å². The Labute approximate surface area is 191 Å². The maximum absolute atomic E-state index is 11.5. The summed E-state index contributed by atoms with van der Waals surface area (Å²) < 4.78 is 6.28. The number of pyridine rings is 1. The summed E-state index contributed by atoms with van der Waals surface area (Å²) in [5.41, 5.74) is 12.5. The summed E-state index contributed by atoms with van der Waals surface area (Å²) in [4.78, 5) is 20.9. The number of nitrogens with zero attached hydrogens (tertiary/aromatic N) is 4. The van der Waals surface area contributed by atoms with Crippen molar-refractivity contribution in [2.24, 2.45) is 0 Å². The Kier molecular flexibility index (Phi) is 5.26. The van der Waals surface area contributed by atoms with Crippen molar-refractivity contribution in [3.05, 3.63) is 83.8 Å². The molecule has 0 unspecified atom stereocenters. The van der Waals surface area contributed by atoms with Crippen LogP contribution in [0, 0.1) is 0 Å². The third kappa shape index (κ3) is 3.91. The van der Waals surface area contributed by atoms with Gasteiger partial charge in [0.15, 0.2) is 5.65 Å². The van der Waals surface area contributed by atoms with Gasteiger partial charge in [-0.1, -0.05) is 42.5 Å². The monoisotopic (exact) mass is 433 g/mol. The van der Waals surface area contributed by atoms with Crippen LogP contribution >= 0.6 is 0 Å². The molecule has 0 spiro atoms. The number of carbonyl (C=O) groups is 1. The van der Waals surface area contributed by atoms with Gasteiger partial charge >= 0.3 is 5.97 Å². The van der Waals surface area contributed by atoms with E-state index in [0.29, 0.717) is 29.0 Å². The van der Waals surface area contributed by atoms with Gasteiger partial charge in [-0.2, -0.15) is 9.61 Å². The van der Waals surface area contributed by atoms with E-state index in [1.165, 1.54) is 7.11 Å². The number of aromatic nitrogens is 4. The van der Waals surface area contributed by atoms with Gasteiger partial charge in [-0.25, -0.2) is 4.98 Å². The minimum Gasteiger partial charge on any atom is -0.469 e. The highest BCUT2D eigenvalue weighted by molar-refractivity contribution is 6.36. The fourth-order valence-corrected chi connectivity index (χ4v) is 3.84. The Morgan fingerprint density at radius 1 is 1.09 bits per heavy atom. The maximum atomic E-state index is 11.5. The van der Waals surface area contributed by atoms with Crippen LogP contribution in [0.3, 0.4) is 0 Å². The molecule has 2 N–H and O–H groups in total. The van der Waals surface area contributed by atoms with Gasteiger partial charge < -0.3 is 10.5 Å². The Balaban J connectivity index is 1.52. The zero-order valence-electron chi connectivity index (χ0n) is 18.0. The molecule has 0 amide bonds. The van der Waals surface area contributed by atoms with Gasteiger partial charge in [0.05, 0.1) is 25.2 Å². The highest BCUT2D eigenvalue weighted by Crippen LogP contribution is 2.27. The van der Waals surface area contributed by atoms with Crippen molar-refractivity contribution in [1.29, 1.82) is 0 Å². The molecular weight excluding hydrogens is 413 g/mol. The highest BCUT2D eigenvalue weighted by Gasteiger charge is 2.16. The van der Waals surface area contributed by atoms with Crippen molar-refractivity contribution in [2.45, 2.75) is 12.8 Å². The number of nitrogens with two attached hydrogens (primary N) is 1. The van der Waals surface area contributed by atoms with Gasteiger partial charge in [-0.15, -0.1) is 0 Å². The first-order valence-corrected chi connectivity index (χ1v) is 10.4. The second-order valence-corrected chi connectivity index (χ2v) is 7.81. The standard InChI is InChI=1S/C25H20BN5O2/c1-33-22(32)11-16-8-6-15(7-9-16)10-21-23(26)24(27)31-25(30-21)19(14-29-31)18-12-17-4-2-3-5-20(17)28-13-18/h2-9,12-14H,10-11,27H2,1H3. The first-order valence-electron chi connectivity index (χ1n) is 10.4. The van der Waals surface area contributed by atoms with E-state index in [4.69, 9.17) is 23.3 Å². The predicted octanol–water partition coefficient (Wildman–Crippen LogP) is 2.63. The number of esters is 1. The molecule has 0 aliphatic heterocycles. The lowest BCUT2D eigenvalue weighted by atomic mass is 9.91. The van der Waals surface area contributed by atoms with Crippen LogP contribution in [0.25, 0.3) is 27.7 Å². The predicted molar refractivity (Wildman–Crippen MR) is 128 cm³/mol. The third-order valence-corrected chi connectivity index (χ3v) is 5.67. The van der Waals surface area contributed by atoms with E-state index in [-0.39, 0.29) is 12.4 Å². The largest absolute Gasteiger partial charge is 0.469 e. The van der Waals surface area contributed by atoms with E-state index in [1.807, 2.05) is 54.7 Å². The minimum atomic E-state index is -0.275. The van der Waals surface area contributed by atoms with E-state index >= 15 is 0 Å². The Morgan fingerprint density at radius 3 is 2.64 bits per heavy atom. The van der Waals surface area contributed by atoms with Crippen molar-refractivity contribution in [2.75, 3.05) is 12.8 Å². The molecule has 0 aliphatic carbocycles. The summed E-state index contributed by atoms with van der Waals surface area (Å²) in [7, 11) is 7.69. The molecule has 160 valence electrons. The van der Waals surface area contributed by atoms with Crippen LogP contribution in [-0.4, -0.2) is 40.5 Å². The SMILES string of the molecule is [B]c1c(Cc2ccc(CC(=O)OC)cc2)nc2c(-c3cnc4ccccc4c3)cnn2c1N. The normalized spacial score (nSPS) is 11.2. The van der Waals surface area contributed by atoms with Crippen molar-refractivity contribution in [3.8, 4) is 11.1 Å². The summed E-state index contributed by atoms with van der Waals surface area (Å²) in [6.45, 7) is 0. The summed E-state index contributed by atoms with van der Waals surface area (Å²) in [5.74, 6) is 0.0700. The number of nitrogen functional groups attached to an aromatic ring is 1. The number of anilines is 1. The van der Waals surface area contributed by atoms with Crippen molar-refractivity contribution >= 4 is 41.6 Å². The van der Waals surface area contributed by atoms with E-state index in [9.17, 15) is 4.79 Å². The van der Waals surface area contributed by atoms with Crippen LogP contribution in [0.15, 0.2) is 67.0 Å². The van der Waals surface area contributed by atoms with Crippen LogP contribution in [-0.2, 0) is 22.4 Å². The van der Waals surface area contributed by atoms with Gasteiger partial charge in [-0.3, -0.25) is 9.78 Å². The molecule has 3 heterocycles. The molecule has 2 aromatic carbocycles. The van der Waals surface area contributed by atoms with Gasteiger partial charge in [0.1, 0.15) is 13.7 Å². The second-order valence-electron chi connectivity index (χ2n) is 7.81. The van der Waals surface area contributed by atoms with Gasteiger partial charge in [-0.05, 0) is 28.7 Å². The molecule has 33 heavy (non-hydrogen) atoms. The Morgan fingerprint density at radius 2 is 1.85 bits per heavy atom. The molecule has 5 aromatic rings. The molecule has 0 fully saturated rings. The lowest BCUT2D eigenvalue weighted by Gasteiger charge is -2.11. The smallest absolute Gasteiger partial charge is 0.309 e. The third-order valence-electron chi connectivity index (χ3n) is 5.67. The first-order chi connectivity index (χ1) is 16.0. The molecule has 2 radical (unpaired) electrons. The number of carbonyl (C=O) groups excluding carboxylic acids is 1. The molecule has 3 aromatic heterocycles.